The fourth-order valence-electron chi connectivity index (χ4n) is 3.02. The third-order valence-electron chi connectivity index (χ3n) is 4.68. The molecule has 1 aliphatic heterocycles. The van der Waals surface area contributed by atoms with Gasteiger partial charge in [-0.3, -0.25) is 4.79 Å². The molecule has 1 aliphatic rings. The van der Waals surface area contributed by atoms with Gasteiger partial charge in [0.05, 0.1) is 4.90 Å². The first kappa shape index (κ1) is 20.3. The molecule has 150 valence electrons. The predicted molar refractivity (Wildman–Crippen MR) is 103 cm³/mol. The van der Waals surface area contributed by atoms with E-state index in [1.165, 1.54) is 12.1 Å². The van der Waals surface area contributed by atoms with Gasteiger partial charge in [0, 0.05) is 19.1 Å². The summed E-state index contributed by atoms with van der Waals surface area (Å²) < 4.78 is 45.9. The fourth-order valence-corrected chi connectivity index (χ4v) is 4.32. The van der Waals surface area contributed by atoms with Gasteiger partial charge in [0.2, 0.25) is 10.0 Å². The summed E-state index contributed by atoms with van der Waals surface area (Å²) in [5.41, 5.74) is 1.11. The lowest BCUT2D eigenvalue weighted by atomic mass is 10.1. The molecule has 0 bridgehead atoms. The first-order valence-electron chi connectivity index (χ1n) is 9.09. The fraction of sp³-hybridized carbons (Fsp3) is 0.350. The third kappa shape index (κ3) is 5.30. The maximum Gasteiger partial charge on any atom is 0.260 e. The van der Waals surface area contributed by atoms with E-state index in [1.54, 1.807) is 4.90 Å². The van der Waals surface area contributed by atoms with Crippen molar-refractivity contribution in [2.75, 3.05) is 19.7 Å². The highest BCUT2D eigenvalue weighted by atomic mass is 32.2. The molecule has 0 radical (unpaired) electrons. The van der Waals surface area contributed by atoms with Crippen LogP contribution in [-0.4, -0.2) is 45.0 Å². The van der Waals surface area contributed by atoms with Gasteiger partial charge < -0.3 is 9.64 Å². The maximum atomic E-state index is 13.0. The van der Waals surface area contributed by atoms with E-state index >= 15 is 0 Å². The third-order valence-corrected chi connectivity index (χ3v) is 6.21. The molecular formula is C20H23FN2O4S. The Bertz CT molecular complexity index is 906. The number of likely N-dealkylation sites (tertiary alicyclic amines) is 1. The number of amides is 1. The highest BCUT2D eigenvalue weighted by molar-refractivity contribution is 7.89. The van der Waals surface area contributed by atoms with Crippen LogP contribution in [-0.2, 0) is 14.8 Å². The molecule has 1 saturated heterocycles. The van der Waals surface area contributed by atoms with Crippen molar-refractivity contribution in [3.05, 3.63) is 59.9 Å². The van der Waals surface area contributed by atoms with E-state index in [-0.39, 0.29) is 23.5 Å². The Morgan fingerprint density at radius 1 is 1.11 bits per heavy atom. The lowest BCUT2D eigenvalue weighted by Gasteiger charge is -2.32. The molecule has 28 heavy (non-hydrogen) atoms. The van der Waals surface area contributed by atoms with Gasteiger partial charge in [0.15, 0.2) is 6.61 Å². The monoisotopic (exact) mass is 406 g/mol. The molecule has 0 unspecified atom stereocenters. The lowest BCUT2D eigenvalue weighted by Crippen LogP contribution is -2.47. The summed E-state index contributed by atoms with van der Waals surface area (Å²) in [6.45, 7) is 2.83. The Morgan fingerprint density at radius 2 is 1.71 bits per heavy atom. The molecular weight excluding hydrogens is 383 g/mol. The van der Waals surface area contributed by atoms with Gasteiger partial charge in [-0.1, -0.05) is 17.7 Å². The molecule has 1 N–H and O–H groups in total. The number of hydrogen-bond donors (Lipinski definition) is 1. The topological polar surface area (TPSA) is 75.7 Å². The normalized spacial score (nSPS) is 15.4. The van der Waals surface area contributed by atoms with Crippen LogP contribution in [0.1, 0.15) is 18.4 Å². The average Bonchev–Trinajstić information content (AvgIpc) is 2.68. The predicted octanol–water partition coefficient (Wildman–Crippen LogP) is 2.48. The second-order valence-electron chi connectivity index (χ2n) is 6.83. The zero-order valence-corrected chi connectivity index (χ0v) is 16.4. The minimum Gasteiger partial charge on any atom is -0.484 e. The van der Waals surface area contributed by atoms with Crippen molar-refractivity contribution in [1.82, 2.24) is 9.62 Å². The number of sulfonamides is 1. The SMILES string of the molecule is Cc1ccc(OCC(=O)N2CCC(NS(=O)(=O)c3ccc(F)cc3)CC2)cc1. The molecule has 3 rings (SSSR count). The first-order valence-corrected chi connectivity index (χ1v) is 10.6. The minimum absolute atomic E-state index is 0.0268. The van der Waals surface area contributed by atoms with E-state index in [2.05, 4.69) is 4.72 Å². The minimum atomic E-state index is -3.71. The van der Waals surface area contributed by atoms with Crippen LogP contribution in [0, 0.1) is 12.7 Å². The van der Waals surface area contributed by atoms with Crippen molar-refractivity contribution >= 4 is 15.9 Å². The lowest BCUT2D eigenvalue weighted by molar-refractivity contribution is -0.134. The average molecular weight is 406 g/mol. The van der Waals surface area contributed by atoms with Gasteiger partial charge in [-0.15, -0.1) is 0 Å². The molecule has 1 heterocycles. The summed E-state index contributed by atoms with van der Waals surface area (Å²) in [6.07, 6.45) is 1.02. The molecule has 6 nitrogen and oxygen atoms in total. The zero-order valence-electron chi connectivity index (χ0n) is 15.6. The first-order chi connectivity index (χ1) is 13.3. The largest absolute Gasteiger partial charge is 0.484 e. The van der Waals surface area contributed by atoms with E-state index < -0.39 is 15.8 Å². The number of halogens is 1. The number of carbonyl (C=O) groups excluding carboxylic acids is 1. The summed E-state index contributed by atoms with van der Waals surface area (Å²) >= 11 is 0. The van der Waals surface area contributed by atoms with Crippen molar-refractivity contribution in [3.63, 3.8) is 0 Å². The molecule has 0 atom stereocenters. The summed E-state index contributed by atoms with van der Waals surface area (Å²) in [5.74, 6) is 0.0277. The summed E-state index contributed by atoms with van der Waals surface area (Å²) in [4.78, 5) is 14.0. The molecule has 0 aliphatic carbocycles. The quantitative estimate of drug-likeness (QED) is 0.800. The molecule has 0 spiro atoms. The van der Waals surface area contributed by atoms with Crippen LogP contribution < -0.4 is 9.46 Å². The maximum absolute atomic E-state index is 13.0. The van der Waals surface area contributed by atoms with Crippen LogP contribution in [0.25, 0.3) is 0 Å². The number of ether oxygens (including phenoxy) is 1. The van der Waals surface area contributed by atoms with Crippen molar-refractivity contribution in [2.45, 2.75) is 30.7 Å². The Balaban J connectivity index is 1.47. The van der Waals surface area contributed by atoms with E-state index in [9.17, 15) is 17.6 Å². The van der Waals surface area contributed by atoms with Crippen LogP contribution in [0.15, 0.2) is 53.4 Å². The standard InChI is InChI=1S/C20H23FN2O4S/c1-15-2-6-18(7-3-15)27-14-20(24)23-12-10-17(11-13-23)22-28(25,26)19-8-4-16(21)5-9-19/h2-9,17,22H,10-14H2,1H3. The molecule has 8 heteroatoms. The van der Waals surface area contributed by atoms with Gasteiger partial charge in [0.1, 0.15) is 11.6 Å². The van der Waals surface area contributed by atoms with Crippen molar-refractivity contribution in [1.29, 1.82) is 0 Å². The Kier molecular flexibility index (Phi) is 6.31. The van der Waals surface area contributed by atoms with Gasteiger partial charge in [-0.05, 0) is 56.2 Å². The van der Waals surface area contributed by atoms with E-state index in [0.717, 1.165) is 17.7 Å². The number of nitrogens with one attached hydrogen (secondary N) is 1. The van der Waals surface area contributed by atoms with Crippen LogP contribution in [0.3, 0.4) is 0 Å². The molecule has 1 amide bonds. The number of nitrogens with zero attached hydrogens (tertiary/aromatic N) is 1. The summed E-state index contributed by atoms with van der Waals surface area (Å²) in [6, 6.07) is 11.9. The smallest absolute Gasteiger partial charge is 0.260 e. The van der Waals surface area contributed by atoms with Crippen LogP contribution in [0.4, 0.5) is 4.39 Å². The highest BCUT2D eigenvalue weighted by Gasteiger charge is 2.26. The number of benzene rings is 2. The summed E-state index contributed by atoms with van der Waals surface area (Å²) in [7, 11) is -3.71. The van der Waals surface area contributed by atoms with Gasteiger partial charge in [-0.25, -0.2) is 17.5 Å². The molecule has 2 aromatic rings. The van der Waals surface area contributed by atoms with E-state index in [1.807, 2.05) is 31.2 Å². The molecule has 0 aromatic heterocycles. The molecule has 0 saturated carbocycles. The zero-order chi connectivity index (χ0) is 20.1. The molecule has 2 aromatic carbocycles. The van der Waals surface area contributed by atoms with Crippen molar-refractivity contribution in [3.8, 4) is 5.75 Å². The van der Waals surface area contributed by atoms with Gasteiger partial charge in [-0.2, -0.15) is 0 Å². The Morgan fingerprint density at radius 3 is 2.32 bits per heavy atom. The van der Waals surface area contributed by atoms with E-state index in [0.29, 0.717) is 31.7 Å². The van der Waals surface area contributed by atoms with Crippen molar-refractivity contribution < 1.29 is 22.3 Å². The molecule has 1 fully saturated rings. The van der Waals surface area contributed by atoms with Crippen LogP contribution >= 0.6 is 0 Å². The van der Waals surface area contributed by atoms with Gasteiger partial charge in [0.25, 0.3) is 5.91 Å². The second kappa shape index (κ2) is 8.70. The Labute approximate surface area is 164 Å². The Hall–Kier alpha value is -2.45. The van der Waals surface area contributed by atoms with E-state index in [4.69, 9.17) is 4.74 Å². The number of hydrogen-bond acceptors (Lipinski definition) is 4. The van der Waals surface area contributed by atoms with Crippen LogP contribution in [0.5, 0.6) is 5.75 Å². The number of carbonyl (C=O) groups is 1. The summed E-state index contributed by atoms with van der Waals surface area (Å²) in [5, 5.41) is 0. The number of aryl methyl sites for hydroxylation is 1. The highest BCUT2D eigenvalue weighted by Crippen LogP contribution is 2.16. The van der Waals surface area contributed by atoms with Gasteiger partial charge >= 0.3 is 0 Å². The second-order valence-corrected chi connectivity index (χ2v) is 8.55. The number of piperidine rings is 1. The van der Waals surface area contributed by atoms with Crippen LogP contribution in [0.2, 0.25) is 0 Å². The van der Waals surface area contributed by atoms with Crippen molar-refractivity contribution in [2.24, 2.45) is 0 Å². The number of rotatable bonds is 6.